The van der Waals surface area contributed by atoms with Gasteiger partial charge in [-0.15, -0.1) is 10.2 Å². The molecule has 2 aromatic heterocycles. The minimum absolute atomic E-state index is 0.0861. The maximum atomic E-state index is 12.4. The molecule has 2 N–H and O–H groups in total. The van der Waals surface area contributed by atoms with Crippen molar-refractivity contribution >= 4 is 34.1 Å². The molecule has 0 radical (unpaired) electrons. The number of rotatable bonds is 4. The van der Waals surface area contributed by atoms with Crippen molar-refractivity contribution in [3.63, 3.8) is 0 Å². The molecule has 7 heteroatoms. The molecule has 0 amide bonds. The summed E-state index contributed by atoms with van der Waals surface area (Å²) in [5.74, 6) is -0.470. The van der Waals surface area contributed by atoms with Crippen molar-refractivity contribution in [3.05, 3.63) is 59.7 Å². The van der Waals surface area contributed by atoms with E-state index in [1.807, 2.05) is 41.7 Å². The van der Waals surface area contributed by atoms with E-state index in [0.29, 0.717) is 5.16 Å². The normalized spacial score (nSPS) is 11.3. The van der Waals surface area contributed by atoms with Crippen molar-refractivity contribution in [1.82, 2.24) is 14.6 Å². The van der Waals surface area contributed by atoms with E-state index in [0.717, 1.165) is 28.2 Å². The zero-order chi connectivity index (χ0) is 18.3. The van der Waals surface area contributed by atoms with Crippen LogP contribution < -0.4 is 0 Å². The van der Waals surface area contributed by atoms with Gasteiger partial charge in [-0.1, -0.05) is 30.0 Å². The molecule has 0 aliphatic rings. The average Bonchev–Trinajstić information content (AvgIpc) is 3.03. The number of thioether (sulfide) groups is 1. The molecule has 0 saturated heterocycles. The third-order valence-corrected chi connectivity index (χ3v) is 5.12. The van der Waals surface area contributed by atoms with E-state index in [2.05, 4.69) is 10.2 Å². The van der Waals surface area contributed by atoms with E-state index in [1.54, 1.807) is 0 Å². The Labute approximate surface area is 153 Å². The van der Waals surface area contributed by atoms with Gasteiger partial charge < -0.3 is 10.2 Å². The van der Waals surface area contributed by atoms with Crippen LogP contribution in [0.25, 0.3) is 16.6 Å². The van der Waals surface area contributed by atoms with Crippen LogP contribution in [0.5, 0.6) is 11.5 Å². The molecular weight excluding hydrogens is 350 g/mol. The van der Waals surface area contributed by atoms with Gasteiger partial charge >= 0.3 is 0 Å². The zero-order valence-corrected chi connectivity index (χ0v) is 14.7. The Hall–Kier alpha value is -3.06. The van der Waals surface area contributed by atoms with Gasteiger partial charge in [-0.2, -0.15) is 0 Å². The summed E-state index contributed by atoms with van der Waals surface area (Å²) in [5, 5.41) is 29.3. The van der Waals surface area contributed by atoms with Gasteiger partial charge in [0.05, 0.1) is 16.8 Å². The Balaban J connectivity index is 1.68. The highest BCUT2D eigenvalue weighted by molar-refractivity contribution is 7.99. The van der Waals surface area contributed by atoms with E-state index in [-0.39, 0.29) is 28.6 Å². The number of fused-ring (bicyclic) bond motifs is 3. The van der Waals surface area contributed by atoms with E-state index in [4.69, 9.17) is 0 Å². The predicted molar refractivity (Wildman–Crippen MR) is 100 cm³/mol. The van der Waals surface area contributed by atoms with Crippen molar-refractivity contribution in [2.45, 2.75) is 12.1 Å². The van der Waals surface area contributed by atoms with Gasteiger partial charge in [0.25, 0.3) is 0 Å². The molecule has 0 bridgehead atoms. The number of aromatic hydroxyl groups is 2. The topological polar surface area (TPSA) is 87.7 Å². The number of carbonyl (C=O) groups excluding carboxylic acids is 1. The Morgan fingerprint density at radius 2 is 1.92 bits per heavy atom. The number of ketones is 1. The van der Waals surface area contributed by atoms with Crippen LogP contribution >= 0.6 is 11.8 Å². The lowest BCUT2D eigenvalue weighted by atomic mass is 10.1. The van der Waals surface area contributed by atoms with Crippen molar-refractivity contribution in [2.75, 3.05) is 5.75 Å². The quantitative estimate of drug-likeness (QED) is 0.425. The molecule has 6 nitrogen and oxygen atoms in total. The van der Waals surface area contributed by atoms with Crippen LogP contribution in [0.4, 0.5) is 0 Å². The van der Waals surface area contributed by atoms with Crippen molar-refractivity contribution in [2.24, 2.45) is 0 Å². The number of pyridine rings is 1. The lowest BCUT2D eigenvalue weighted by molar-refractivity contribution is 0.102. The van der Waals surface area contributed by atoms with Crippen molar-refractivity contribution in [3.8, 4) is 11.5 Å². The third-order valence-electron chi connectivity index (χ3n) is 4.19. The number of aryl methyl sites for hydroxylation is 1. The smallest absolute Gasteiger partial charge is 0.196 e. The van der Waals surface area contributed by atoms with Crippen LogP contribution in [0.2, 0.25) is 0 Å². The highest BCUT2D eigenvalue weighted by Gasteiger charge is 2.16. The number of nitrogens with zero attached hydrogens (tertiary/aromatic N) is 3. The van der Waals surface area contributed by atoms with Gasteiger partial charge in [-0.3, -0.25) is 9.20 Å². The van der Waals surface area contributed by atoms with E-state index in [9.17, 15) is 15.0 Å². The van der Waals surface area contributed by atoms with E-state index in [1.165, 1.54) is 23.9 Å². The number of benzene rings is 2. The Morgan fingerprint density at radius 3 is 2.73 bits per heavy atom. The molecule has 0 fully saturated rings. The summed E-state index contributed by atoms with van der Waals surface area (Å²) in [6, 6.07) is 13.9. The summed E-state index contributed by atoms with van der Waals surface area (Å²) in [6.45, 7) is 2.03. The Bertz CT molecular complexity index is 1150. The first-order valence-corrected chi connectivity index (χ1v) is 8.94. The summed E-state index contributed by atoms with van der Waals surface area (Å²) in [7, 11) is 0. The van der Waals surface area contributed by atoms with E-state index < -0.39 is 0 Å². The molecule has 0 saturated carbocycles. The SMILES string of the molecule is Cc1cc2nnc(SCC(=O)c3ccc(O)cc3O)n2c2ccccc12. The highest BCUT2D eigenvalue weighted by atomic mass is 32.2. The monoisotopic (exact) mass is 365 g/mol. The molecule has 2 heterocycles. The second-order valence-electron chi connectivity index (χ2n) is 5.93. The number of carbonyl (C=O) groups is 1. The maximum absolute atomic E-state index is 12.4. The first-order chi connectivity index (χ1) is 12.5. The van der Waals surface area contributed by atoms with Gasteiger partial charge in [0.1, 0.15) is 11.5 Å². The van der Waals surface area contributed by atoms with Crippen molar-refractivity contribution < 1.29 is 15.0 Å². The molecule has 4 rings (SSSR count). The number of Topliss-reactive ketones (excluding diaryl/α,β-unsaturated/α-hetero) is 1. The fourth-order valence-electron chi connectivity index (χ4n) is 2.93. The molecule has 0 aliphatic carbocycles. The molecule has 0 unspecified atom stereocenters. The van der Waals surface area contributed by atoms with Gasteiger partial charge in [-0.25, -0.2) is 0 Å². The molecule has 26 heavy (non-hydrogen) atoms. The summed E-state index contributed by atoms with van der Waals surface area (Å²) in [4.78, 5) is 12.4. The lowest BCUT2D eigenvalue weighted by Gasteiger charge is -2.07. The first kappa shape index (κ1) is 16.4. The third kappa shape index (κ3) is 2.76. The summed E-state index contributed by atoms with van der Waals surface area (Å²) in [5.41, 5.74) is 2.99. The number of hydrogen-bond donors (Lipinski definition) is 2. The van der Waals surface area contributed by atoms with E-state index >= 15 is 0 Å². The fraction of sp³-hybridized carbons (Fsp3) is 0.105. The summed E-state index contributed by atoms with van der Waals surface area (Å²) < 4.78 is 1.93. The Morgan fingerprint density at radius 1 is 1.12 bits per heavy atom. The van der Waals surface area contributed by atoms with Crippen LogP contribution in [-0.4, -0.2) is 36.3 Å². The molecule has 130 valence electrons. The van der Waals surface area contributed by atoms with Gasteiger partial charge in [-0.05, 0) is 36.8 Å². The minimum atomic E-state index is -0.249. The fourth-order valence-corrected chi connectivity index (χ4v) is 3.77. The van der Waals surface area contributed by atoms with Crippen LogP contribution in [-0.2, 0) is 0 Å². The maximum Gasteiger partial charge on any atom is 0.196 e. The Kier molecular flexibility index (Phi) is 4.00. The minimum Gasteiger partial charge on any atom is -0.508 e. The summed E-state index contributed by atoms with van der Waals surface area (Å²) >= 11 is 1.26. The molecule has 2 aromatic carbocycles. The predicted octanol–water partition coefficient (Wildman–Crippen LogP) is 3.58. The lowest BCUT2D eigenvalue weighted by Crippen LogP contribution is -2.03. The number of hydrogen-bond acceptors (Lipinski definition) is 6. The molecule has 4 aromatic rings. The highest BCUT2D eigenvalue weighted by Crippen LogP contribution is 2.28. The second kappa shape index (κ2) is 6.34. The van der Waals surface area contributed by atoms with Crippen molar-refractivity contribution in [1.29, 1.82) is 0 Å². The van der Waals surface area contributed by atoms with Crippen LogP contribution in [0, 0.1) is 6.92 Å². The van der Waals surface area contributed by atoms with Crippen LogP contribution in [0.3, 0.4) is 0 Å². The van der Waals surface area contributed by atoms with Gasteiger partial charge in [0.2, 0.25) is 0 Å². The number of aromatic nitrogens is 3. The number of phenolic OH excluding ortho intramolecular Hbond substituents is 2. The number of phenols is 2. The standard InChI is InChI=1S/C19H15N3O3S/c1-11-8-18-20-21-19(22(18)15-5-3-2-4-13(11)15)26-10-17(25)14-7-6-12(23)9-16(14)24/h2-9,23-24H,10H2,1H3. The van der Waals surface area contributed by atoms with Crippen LogP contribution in [0.1, 0.15) is 15.9 Å². The van der Waals surface area contributed by atoms with Crippen LogP contribution in [0.15, 0.2) is 53.7 Å². The second-order valence-corrected chi connectivity index (χ2v) is 6.88. The number of para-hydroxylation sites is 1. The molecular formula is C19H15N3O3S. The zero-order valence-electron chi connectivity index (χ0n) is 13.9. The first-order valence-electron chi connectivity index (χ1n) is 7.96. The van der Waals surface area contributed by atoms with Gasteiger partial charge in [0.15, 0.2) is 16.6 Å². The average molecular weight is 365 g/mol. The summed E-state index contributed by atoms with van der Waals surface area (Å²) in [6.07, 6.45) is 0. The largest absolute Gasteiger partial charge is 0.508 e. The molecule has 0 spiro atoms. The molecule has 0 aliphatic heterocycles. The molecule has 0 atom stereocenters. The van der Waals surface area contributed by atoms with Gasteiger partial charge in [0, 0.05) is 11.5 Å².